The van der Waals surface area contributed by atoms with Crippen LogP contribution in [0.4, 0.5) is 0 Å². The molecule has 1 rings (SSSR count). The molecule has 2 atom stereocenters. The van der Waals surface area contributed by atoms with E-state index in [-0.39, 0.29) is 0 Å². The SMILES string of the molecule is CC1(C)O[C@@H](C(=O)OCl)[C@H](C(=O)OCl)O1. The van der Waals surface area contributed by atoms with E-state index < -0.39 is 29.9 Å². The van der Waals surface area contributed by atoms with E-state index in [0.717, 1.165) is 0 Å². The normalized spacial score (nSPS) is 28.5. The van der Waals surface area contributed by atoms with E-state index in [2.05, 4.69) is 8.58 Å². The van der Waals surface area contributed by atoms with Crippen LogP contribution in [0.15, 0.2) is 0 Å². The Bertz CT molecular complexity index is 253. The van der Waals surface area contributed by atoms with Crippen LogP contribution < -0.4 is 0 Å². The first-order chi connectivity index (χ1) is 6.91. The molecule has 86 valence electrons. The summed E-state index contributed by atoms with van der Waals surface area (Å²) < 4.78 is 18.1. The molecule has 0 aromatic carbocycles. The zero-order valence-electron chi connectivity index (χ0n) is 7.86. The summed E-state index contributed by atoms with van der Waals surface area (Å²) in [4.78, 5) is 22.2. The molecular formula is C7H8Cl2O6. The summed E-state index contributed by atoms with van der Waals surface area (Å²) in [5.74, 6) is -3.02. The molecule has 0 bridgehead atoms. The van der Waals surface area contributed by atoms with Crippen molar-refractivity contribution in [1.82, 2.24) is 0 Å². The van der Waals surface area contributed by atoms with E-state index in [9.17, 15) is 9.59 Å². The van der Waals surface area contributed by atoms with Gasteiger partial charge in [-0.1, -0.05) is 0 Å². The van der Waals surface area contributed by atoms with Gasteiger partial charge in [0.2, 0.25) is 0 Å². The van der Waals surface area contributed by atoms with Crippen molar-refractivity contribution in [1.29, 1.82) is 0 Å². The first kappa shape index (κ1) is 12.5. The highest BCUT2D eigenvalue weighted by molar-refractivity contribution is 6.15. The van der Waals surface area contributed by atoms with Crippen molar-refractivity contribution >= 4 is 35.7 Å². The van der Waals surface area contributed by atoms with Gasteiger partial charge >= 0.3 is 11.9 Å². The second-order valence-corrected chi connectivity index (χ2v) is 3.58. The Morgan fingerprint density at radius 2 is 1.40 bits per heavy atom. The van der Waals surface area contributed by atoms with E-state index in [1.165, 1.54) is 13.8 Å². The maximum Gasteiger partial charge on any atom is 0.356 e. The molecule has 0 spiro atoms. The molecule has 0 N–H and O–H groups in total. The summed E-state index contributed by atoms with van der Waals surface area (Å²) >= 11 is 9.74. The summed E-state index contributed by atoms with van der Waals surface area (Å²) in [6.45, 7) is 3.03. The van der Waals surface area contributed by atoms with Gasteiger partial charge in [-0.3, -0.25) is 0 Å². The molecule has 0 aromatic heterocycles. The quantitative estimate of drug-likeness (QED) is 0.733. The predicted molar refractivity (Wildman–Crippen MR) is 47.7 cm³/mol. The van der Waals surface area contributed by atoms with Crippen LogP contribution in [0.1, 0.15) is 13.8 Å². The predicted octanol–water partition coefficient (Wildman–Crippen LogP) is 0.900. The summed E-state index contributed by atoms with van der Waals surface area (Å²) in [7, 11) is 0. The molecule has 6 nitrogen and oxygen atoms in total. The highest BCUT2D eigenvalue weighted by Crippen LogP contribution is 2.30. The minimum atomic E-state index is -1.29. The van der Waals surface area contributed by atoms with Crippen molar-refractivity contribution in [2.24, 2.45) is 0 Å². The summed E-state index contributed by atoms with van der Waals surface area (Å²) in [6, 6.07) is 0. The average molecular weight is 259 g/mol. The molecule has 8 heteroatoms. The van der Waals surface area contributed by atoms with Crippen LogP contribution in [-0.2, 0) is 27.6 Å². The molecule has 0 aliphatic carbocycles. The van der Waals surface area contributed by atoms with Gasteiger partial charge in [-0.15, -0.1) is 0 Å². The molecule has 1 fully saturated rings. The number of carbonyl (C=O) groups is 2. The molecule has 0 saturated carbocycles. The lowest BCUT2D eigenvalue weighted by Crippen LogP contribution is -2.37. The molecule has 1 aliphatic heterocycles. The smallest absolute Gasteiger partial charge is 0.345 e. The number of carbonyl (C=O) groups excluding carboxylic acids is 2. The Morgan fingerprint density at radius 1 is 1.07 bits per heavy atom. The lowest BCUT2D eigenvalue weighted by Gasteiger charge is -2.15. The number of hydrogen-bond acceptors (Lipinski definition) is 6. The molecule has 0 unspecified atom stereocenters. The number of hydrogen-bond donors (Lipinski definition) is 0. The topological polar surface area (TPSA) is 71.1 Å². The summed E-state index contributed by atoms with van der Waals surface area (Å²) in [5, 5.41) is 0. The molecule has 15 heavy (non-hydrogen) atoms. The molecule has 0 radical (unpaired) electrons. The second kappa shape index (κ2) is 4.52. The highest BCUT2D eigenvalue weighted by Gasteiger charge is 2.51. The molecule has 0 amide bonds. The van der Waals surface area contributed by atoms with Crippen LogP contribution in [0.5, 0.6) is 0 Å². The second-order valence-electron chi connectivity index (χ2n) is 3.27. The van der Waals surface area contributed by atoms with Gasteiger partial charge in [0.05, 0.1) is 0 Å². The van der Waals surface area contributed by atoms with Crippen molar-refractivity contribution in [2.45, 2.75) is 31.8 Å². The minimum Gasteiger partial charge on any atom is -0.345 e. The van der Waals surface area contributed by atoms with E-state index in [0.29, 0.717) is 0 Å². The highest BCUT2D eigenvalue weighted by atomic mass is 35.5. The Labute approximate surface area is 95.7 Å². The first-order valence-corrected chi connectivity index (χ1v) is 4.53. The van der Waals surface area contributed by atoms with Gasteiger partial charge in [0.25, 0.3) is 0 Å². The van der Waals surface area contributed by atoms with Crippen LogP contribution >= 0.6 is 23.7 Å². The minimum absolute atomic E-state index is 0.950. The third kappa shape index (κ3) is 2.72. The fraction of sp³-hybridized carbons (Fsp3) is 0.714. The van der Waals surface area contributed by atoms with Crippen LogP contribution in [-0.4, -0.2) is 29.9 Å². The van der Waals surface area contributed by atoms with Crippen LogP contribution in [0.2, 0.25) is 0 Å². The summed E-state index contributed by atoms with van der Waals surface area (Å²) in [6.07, 6.45) is -2.58. The Kier molecular flexibility index (Phi) is 3.77. The third-order valence-corrected chi connectivity index (χ3v) is 2.02. The van der Waals surface area contributed by atoms with E-state index >= 15 is 0 Å². The maximum atomic E-state index is 11.1. The van der Waals surface area contributed by atoms with Gasteiger partial charge in [0.1, 0.15) is 23.7 Å². The monoisotopic (exact) mass is 258 g/mol. The van der Waals surface area contributed by atoms with Gasteiger partial charge in [0.15, 0.2) is 18.0 Å². The van der Waals surface area contributed by atoms with Crippen LogP contribution in [0, 0.1) is 0 Å². The van der Waals surface area contributed by atoms with Gasteiger partial charge in [-0.25, -0.2) is 9.59 Å². The standard InChI is InChI=1S/C7H8Cl2O6/c1-7(2)12-3(5(10)14-8)4(13-7)6(11)15-9/h3-4H,1-2H3/t3-,4-/m1/s1. The van der Waals surface area contributed by atoms with Crippen molar-refractivity contribution < 1.29 is 27.6 Å². The van der Waals surface area contributed by atoms with Gasteiger partial charge < -0.3 is 18.1 Å². The first-order valence-electron chi connectivity index (χ1n) is 3.92. The fourth-order valence-corrected chi connectivity index (χ4v) is 1.37. The van der Waals surface area contributed by atoms with Gasteiger partial charge in [-0.2, -0.15) is 0 Å². The van der Waals surface area contributed by atoms with E-state index in [1.807, 2.05) is 0 Å². The number of rotatable bonds is 2. The van der Waals surface area contributed by atoms with Crippen LogP contribution in [0.25, 0.3) is 0 Å². The lowest BCUT2D eigenvalue weighted by atomic mass is 10.2. The number of ether oxygens (including phenoxy) is 2. The third-order valence-electron chi connectivity index (χ3n) is 1.71. The van der Waals surface area contributed by atoms with Crippen molar-refractivity contribution in [3.63, 3.8) is 0 Å². The molecular weight excluding hydrogens is 251 g/mol. The molecule has 1 aliphatic rings. The van der Waals surface area contributed by atoms with E-state index in [1.54, 1.807) is 0 Å². The maximum absolute atomic E-state index is 11.1. The average Bonchev–Trinajstić information content (AvgIpc) is 2.52. The lowest BCUT2D eigenvalue weighted by molar-refractivity contribution is -0.167. The fourth-order valence-electron chi connectivity index (χ4n) is 1.19. The molecule has 0 aromatic rings. The van der Waals surface area contributed by atoms with Gasteiger partial charge in [0, 0.05) is 0 Å². The summed E-state index contributed by atoms with van der Waals surface area (Å²) in [5.41, 5.74) is 0. The Balaban J connectivity index is 2.83. The Hall–Kier alpha value is -0.560. The van der Waals surface area contributed by atoms with E-state index in [4.69, 9.17) is 33.2 Å². The van der Waals surface area contributed by atoms with Crippen molar-refractivity contribution in [3.05, 3.63) is 0 Å². The zero-order chi connectivity index (χ0) is 11.6. The van der Waals surface area contributed by atoms with Crippen molar-refractivity contribution in [2.75, 3.05) is 0 Å². The van der Waals surface area contributed by atoms with Crippen molar-refractivity contribution in [3.8, 4) is 0 Å². The molecule has 1 heterocycles. The largest absolute Gasteiger partial charge is 0.356 e. The molecule has 1 saturated heterocycles. The zero-order valence-corrected chi connectivity index (χ0v) is 9.37. The van der Waals surface area contributed by atoms with Crippen LogP contribution in [0.3, 0.4) is 0 Å². The van der Waals surface area contributed by atoms with Gasteiger partial charge in [-0.05, 0) is 13.8 Å². The Morgan fingerprint density at radius 3 is 1.67 bits per heavy atom. The number of halogens is 2.